The van der Waals surface area contributed by atoms with Crippen LogP contribution in [0.5, 0.6) is 17.2 Å². The van der Waals surface area contributed by atoms with Gasteiger partial charge in [0.1, 0.15) is 0 Å². The summed E-state index contributed by atoms with van der Waals surface area (Å²) < 4.78 is 11.3. The molecule has 0 atom stereocenters. The summed E-state index contributed by atoms with van der Waals surface area (Å²) in [7, 11) is 1.62. The van der Waals surface area contributed by atoms with Crippen molar-refractivity contribution in [3.63, 3.8) is 0 Å². The highest BCUT2D eigenvalue weighted by molar-refractivity contribution is 5.93. The number of nitrogens with zero attached hydrogens (tertiary/aromatic N) is 1. The van der Waals surface area contributed by atoms with E-state index in [9.17, 15) is 0 Å². The summed E-state index contributed by atoms with van der Waals surface area (Å²) >= 11 is 0. The van der Waals surface area contributed by atoms with Gasteiger partial charge < -0.3 is 15.2 Å². The molecule has 0 saturated heterocycles. The van der Waals surface area contributed by atoms with Crippen LogP contribution in [0.15, 0.2) is 48.7 Å². The van der Waals surface area contributed by atoms with Crippen LogP contribution in [0.25, 0.3) is 10.9 Å². The van der Waals surface area contributed by atoms with Crippen molar-refractivity contribution in [1.82, 2.24) is 4.98 Å². The quantitative estimate of drug-likeness (QED) is 0.739. The molecule has 0 aliphatic rings. The molecule has 21 heavy (non-hydrogen) atoms. The lowest BCUT2D eigenvalue weighted by atomic mass is 10.1. The van der Waals surface area contributed by atoms with Crippen molar-refractivity contribution in [2.24, 2.45) is 0 Å². The Morgan fingerprint density at radius 2 is 1.81 bits per heavy atom. The maximum Gasteiger partial charge on any atom is 0.169 e. The summed E-state index contributed by atoms with van der Waals surface area (Å²) in [6, 6.07) is 13.3. The van der Waals surface area contributed by atoms with Gasteiger partial charge in [0.2, 0.25) is 0 Å². The van der Waals surface area contributed by atoms with E-state index >= 15 is 0 Å². The highest BCUT2D eigenvalue weighted by Gasteiger charge is 2.10. The number of fused-ring (bicyclic) bond motifs is 1. The van der Waals surface area contributed by atoms with Crippen molar-refractivity contribution in [3.8, 4) is 17.2 Å². The first kappa shape index (κ1) is 13.2. The monoisotopic (exact) mass is 280 g/mol. The number of hydrogen-bond acceptors (Lipinski definition) is 4. The average Bonchev–Trinajstić information content (AvgIpc) is 2.51. The van der Waals surface area contributed by atoms with E-state index in [1.165, 1.54) is 0 Å². The number of ether oxygens (including phenoxy) is 2. The Morgan fingerprint density at radius 3 is 2.62 bits per heavy atom. The Kier molecular flexibility index (Phi) is 3.36. The topological polar surface area (TPSA) is 57.4 Å². The number of aryl methyl sites for hydroxylation is 1. The number of nitrogen functional groups attached to an aromatic ring is 1. The first-order chi connectivity index (χ1) is 10.2. The molecule has 0 bridgehead atoms. The van der Waals surface area contributed by atoms with E-state index in [1.807, 2.05) is 49.4 Å². The van der Waals surface area contributed by atoms with E-state index < -0.39 is 0 Å². The van der Waals surface area contributed by atoms with Crippen LogP contribution in [0.2, 0.25) is 0 Å². The molecule has 2 aromatic carbocycles. The highest BCUT2D eigenvalue weighted by Crippen LogP contribution is 2.37. The summed E-state index contributed by atoms with van der Waals surface area (Å²) in [6.07, 6.45) is 1.74. The number of nitrogens with two attached hydrogens (primary N) is 1. The number of aromatic nitrogens is 1. The van der Waals surface area contributed by atoms with Crippen LogP contribution in [0, 0.1) is 6.92 Å². The largest absolute Gasteiger partial charge is 0.493 e. The maximum absolute atomic E-state index is 6.18. The molecule has 0 aliphatic carbocycles. The molecule has 0 spiro atoms. The van der Waals surface area contributed by atoms with E-state index in [-0.39, 0.29) is 0 Å². The van der Waals surface area contributed by atoms with Crippen LogP contribution in [0.4, 0.5) is 5.69 Å². The first-order valence-corrected chi connectivity index (χ1v) is 6.65. The molecule has 0 unspecified atom stereocenters. The molecule has 1 aromatic heterocycles. The minimum Gasteiger partial charge on any atom is -0.493 e. The van der Waals surface area contributed by atoms with Gasteiger partial charge in [-0.1, -0.05) is 6.07 Å². The number of rotatable bonds is 3. The van der Waals surface area contributed by atoms with Crippen LogP contribution in [-0.4, -0.2) is 12.1 Å². The van der Waals surface area contributed by atoms with Crippen LogP contribution in [-0.2, 0) is 0 Å². The molecule has 3 rings (SSSR count). The molecule has 0 fully saturated rings. The third kappa shape index (κ3) is 2.48. The summed E-state index contributed by atoms with van der Waals surface area (Å²) in [5, 5.41) is 0.876. The number of pyridine rings is 1. The predicted octanol–water partition coefficient (Wildman–Crippen LogP) is 3.93. The van der Waals surface area contributed by atoms with Crippen LogP contribution in [0.1, 0.15) is 5.56 Å². The van der Waals surface area contributed by atoms with E-state index in [0.717, 1.165) is 16.5 Å². The fourth-order valence-corrected chi connectivity index (χ4v) is 2.22. The summed E-state index contributed by atoms with van der Waals surface area (Å²) in [5.74, 6) is 1.91. The van der Waals surface area contributed by atoms with E-state index in [1.54, 1.807) is 13.3 Å². The second-order valence-corrected chi connectivity index (χ2v) is 4.80. The normalized spacial score (nSPS) is 10.6. The van der Waals surface area contributed by atoms with Crippen molar-refractivity contribution in [2.75, 3.05) is 12.8 Å². The Hall–Kier alpha value is -2.75. The molecule has 0 radical (unpaired) electrons. The van der Waals surface area contributed by atoms with Gasteiger partial charge >= 0.3 is 0 Å². The standard InChI is InChI=1S/C17H16N2O2/c1-11-5-7-14(16(10-11)20-2)21-15-8-6-13-12(17(15)18)4-3-9-19-13/h3-10H,18H2,1-2H3. The molecule has 0 saturated carbocycles. The number of hydrogen-bond donors (Lipinski definition) is 1. The zero-order valence-electron chi connectivity index (χ0n) is 12.0. The van der Waals surface area contributed by atoms with E-state index in [4.69, 9.17) is 15.2 Å². The maximum atomic E-state index is 6.18. The predicted molar refractivity (Wildman–Crippen MR) is 84.0 cm³/mol. The lowest BCUT2D eigenvalue weighted by Gasteiger charge is -2.13. The van der Waals surface area contributed by atoms with Crippen LogP contribution < -0.4 is 15.2 Å². The van der Waals surface area contributed by atoms with Gasteiger partial charge in [0.15, 0.2) is 17.2 Å². The third-order valence-electron chi connectivity index (χ3n) is 3.33. The van der Waals surface area contributed by atoms with E-state index in [0.29, 0.717) is 22.9 Å². The van der Waals surface area contributed by atoms with Crippen LogP contribution >= 0.6 is 0 Å². The summed E-state index contributed by atoms with van der Waals surface area (Å²) in [6.45, 7) is 2.00. The molecule has 2 N–H and O–H groups in total. The van der Waals surface area contributed by atoms with E-state index in [2.05, 4.69) is 4.98 Å². The average molecular weight is 280 g/mol. The van der Waals surface area contributed by atoms with Crippen molar-refractivity contribution < 1.29 is 9.47 Å². The second kappa shape index (κ2) is 5.32. The Labute approximate surface area is 123 Å². The van der Waals surface area contributed by atoms with Gasteiger partial charge in [0.25, 0.3) is 0 Å². The first-order valence-electron chi connectivity index (χ1n) is 6.65. The molecular formula is C17H16N2O2. The molecule has 4 nitrogen and oxygen atoms in total. The van der Waals surface area contributed by atoms with Crippen molar-refractivity contribution in [2.45, 2.75) is 6.92 Å². The number of anilines is 1. The van der Waals surface area contributed by atoms with Gasteiger partial charge in [0, 0.05) is 11.6 Å². The number of benzene rings is 2. The lowest BCUT2D eigenvalue weighted by Crippen LogP contribution is -1.96. The SMILES string of the molecule is COc1cc(C)ccc1Oc1ccc2ncccc2c1N. The van der Waals surface area contributed by atoms with Gasteiger partial charge in [-0.2, -0.15) is 0 Å². The van der Waals surface area contributed by atoms with Crippen molar-refractivity contribution in [1.29, 1.82) is 0 Å². The minimum absolute atomic E-state index is 0.572. The fourth-order valence-electron chi connectivity index (χ4n) is 2.22. The highest BCUT2D eigenvalue weighted by atomic mass is 16.5. The Balaban J connectivity index is 2.04. The van der Waals surface area contributed by atoms with Crippen molar-refractivity contribution in [3.05, 3.63) is 54.2 Å². The Bertz CT molecular complexity index is 800. The van der Waals surface area contributed by atoms with Gasteiger partial charge in [-0.05, 0) is 48.9 Å². The molecular weight excluding hydrogens is 264 g/mol. The third-order valence-corrected chi connectivity index (χ3v) is 3.33. The van der Waals surface area contributed by atoms with Gasteiger partial charge in [-0.25, -0.2) is 0 Å². The van der Waals surface area contributed by atoms with Gasteiger partial charge in [-0.3, -0.25) is 4.98 Å². The zero-order valence-corrected chi connectivity index (χ0v) is 12.0. The molecule has 1 heterocycles. The zero-order chi connectivity index (χ0) is 14.8. The molecule has 0 aliphatic heterocycles. The summed E-state index contributed by atoms with van der Waals surface area (Å²) in [5.41, 5.74) is 8.71. The smallest absolute Gasteiger partial charge is 0.169 e. The lowest BCUT2D eigenvalue weighted by molar-refractivity contribution is 0.379. The molecule has 3 aromatic rings. The van der Waals surface area contributed by atoms with Gasteiger partial charge in [0.05, 0.1) is 18.3 Å². The Morgan fingerprint density at radius 1 is 1.00 bits per heavy atom. The minimum atomic E-state index is 0.572. The fraction of sp³-hybridized carbons (Fsp3) is 0.118. The molecule has 0 amide bonds. The number of methoxy groups -OCH3 is 1. The second-order valence-electron chi connectivity index (χ2n) is 4.80. The van der Waals surface area contributed by atoms with Crippen molar-refractivity contribution >= 4 is 16.6 Å². The molecule has 4 heteroatoms. The summed E-state index contributed by atoms with van der Waals surface area (Å²) in [4.78, 5) is 4.28. The van der Waals surface area contributed by atoms with Crippen LogP contribution in [0.3, 0.4) is 0 Å². The van der Waals surface area contributed by atoms with Gasteiger partial charge in [-0.15, -0.1) is 0 Å². The molecule has 106 valence electrons.